The molecule has 0 aliphatic heterocycles. The van der Waals surface area contributed by atoms with Crippen LogP contribution in [0.2, 0.25) is 0 Å². The summed E-state index contributed by atoms with van der Waals surface area (Å²) in [6.07, 6.45) is -4.21. The quantitative estimate of drug-likeness (QED) is 0.257. The molecule has 3 aromatic rings. The second kappa shape index (κ2) is 12.7. The van der Waals surface area contributed by atoms with E-state index in [1.807, 2.05) is 22.6 Å². The lowest BCUT2D eigenvalue weighted by molar-refractivity contribution is -0.157. The first-order valence-electron chi connectivity index (χ1n) is 10.7. The zero-order chi connectivity index (χ0) is 26.9. The highest BCUT2D eigenvalue weighted by Gasteiger charge is 2.41. The first kappa shape index (κ1) is 27.5. The predicted octanol–water partition coefficient (Wildman–Crippen LogP) is 3.78. The van der Waals surface area contributed by atoms with Crippen molar-refractivity contribution in [3.8, 4) is 11.5 Å². The molecule has 0 saturated carbocycles. The number of benzene rings is 3. The van der Waals surface area contributed by atoms with Crippen LogP contribution in [0.25, 0.3) is 0 Å². The van der Waals surface area contributed by atoms with E-state index < -0.39 is 36.0 Å². The highest BCUT2D eigenvalue weighted by atomic mass is 127. The lowest BCUT2D eigenvalue weighted by atomic mass is 10.1. The number of carboxylic acids is 1. The molecule has 0 bridgehead atoms. The van der Waals surface area contributed by atoms with Gasteiger partial charge in [-0.1, -0.05) is 24.3 Å². The molecule has 0 saturated heterocycles. The molecule has 3 rings (SSSR count). The Morgan fingerprint density at radius 2 is 1.27 bits per heavy atom. The molecule has 2 N–H and O–H groups in total. The number of amides is 1. The highest BCUT2D eigenvalue weighted by Crippen LogP contribution is 2.21. The molecule has 0 aliphatic carbocycles. The van der Waals surface area contributed by atoms with Crippen LogP contribution in [0.15, 0.2) is 72.8 Å². The van der Waals surface area contributed by atoms with Crippen LogP contribution in [0.5, 0.6) is 11.5 Å². The van der Waals surface area contributed by atoms with Crippen molar-refractivity contribution < 1.29 is 43.2 Å². The third-order valence-electron chi connectivity index (χ3n) is 4.99. The molecular weight excluding hydrogens is 597 g/mol. The number of hydrogen-bond acceptors (Lipinski definition) is 8. The maximum absolute atomic E-state index is 13.2. The van der Waals surface area contributed by atoms with Gasteiger partial charge < -0.3 is 29.4 Å². The van der Waals surface area contributed by atoms with E-state index in [1.165, 1.54) is 50.6 Å². The molecule has 10 nitrogen and oxygen atoms in total. The third-order valence-corrected chi connectivity index (χ3v) is 5.93. The molecule has 0 aromatic heterocycles. The molecule has 0 spiro atoms. The Kier molecular flexibility index (Phi) is 9.44. The SMILES string of the molecule is COc1cccc(C(=O)O[C@H](C(=O)O)[C@H](OC(=O)c2cccc(OC)c2)C(=O)Nc2ccccc2I)c1. The average molecular weight is 619 g/mol. The fraction of sp³-hybridized carbons (Fsp3) is 0.154. The van der Waals surface area contributed by atoms with E-state index in [0.29, 0.717) is 20.8 Å². The van der Waals surface area contributed by atoms with Crippen molar-refractivity contribution in [3.05, 3.63) is 87.5 Å². The summed E-state index contributed by atoms with van der Waals surface area (Å²) in [7, 11) is 2.80. The maximum Gasteiger partial charge on any atom is 0.349 e. The molecule has 0 unspecified atom stereocenters. The average Bonchev–Trinajstić information content (AvgIpc) is 2.91. The van der Waals surface area contributed by atoms with Gasteiger partial charge in [0.15, 0.2) is 0 Å². The number of aliphatic carboxylic acids is 1. The van der Waals surface area contributed by atoms with Crippen molar-refractivity contribution in [2.24, 2.45) is 0 Å². The number of anilines is 1. The van der Waals surface area contributed by atoms with Gasteiger partial charge in [0.1, 0.15) is 11.5 Å². The lowest BCUT2D eigenvalue weighted by Crippen LogP contribution is -2.48. The number of para-hydroxylation sites is 1. The van der Waals surface area contributed by atoms with Gasteiger partial charge in [0.25, 0.3) is 5.91 Å². The summed E-state index contributed by atoms with van der Waals surface area (Å²) >= 11 is 1.97. The predicted molar refractivity (Wildman–Crippen MR) is 140 cm³/mol. The monoisotopic (exact) mass is 619 g/mol. The number of methoxy groups -OCH3 is 2. The van der Waals surface area contributed by atoms with Crippen LogP contribution in [0.1, 0.15) is 20.7 Å². The largest absolute Gasteiger partial charge is 0.497 e. The molecular formula is C26H22INO9. The minimum Gasteiger partial charge on any atom is -0.497 e. The molecule has 1 amide bonds. The van der Waals surface area contributed by atoms with Gasteiger partial charge in [-0.25, -0.2) is 14.4 Å². The first-order valence-corrected chi connectivity index (χ1v) is 11.8. The van der Waals surface area contributed by atoms with Crippen LogP contribution >= 0.6 is 22.6 Å². The second-order valence-corrected chi connectivity index (χ2v) is 8.59. The fourth-order valence-corrected chi connectivity index (χ4v) is 3.65. The summed E-state index contributed by atoms with van der Waals surface area (Å²) in [6.45, 7) is 0. The maximum atomic E-state index is 13.2. The molecule has 2 atom stereocenters. The Hall–Kier alpha value is -4.13. The van der Waals surface area contributed by atoms with E-state index in [4.69, 9.17) is 18.9 Å². The van der Waals surface area contributed by atoms with E-state index in [9.17, 15) is 24.3 Å². The van der Waals surface area contributed by atoms with Gasteiger partial charge in [-0.2, -0.15) is 0 Å². The van der Waals surface area contributed by atoms with Gasteiger partial charge in [-0.3, -0.25) is 4.79 Å². The standard InChI is InChI=1S/C26H22INO9/c1-34-17-9-5-7-15(13-17)25(32)36-21(23(29)28-20-12-4-3-11-19(20)27)22(24(30)31)37-26(33)16-8-6-10-18(14-16)35-2/h3-14,21-22H,1-2H3,(H,28,29)(H,30,31)/t21-,22-/m0/s1. The number of carboxylic acid groups (broad SMARTS) is 1. The number of hydrogen-bond donors (Lipinski definition) is 2. The molecule has 0 heterocycles. The Labute approximate surface area is 225 Å². The molecule has 37 heavy (non-hydrogen) atoms. The minimum atomic E-state index is -2.17. The molecule has 0 aliphatic rings. The highest BCUT2D eigenvalue weighted by molar-refractivity contribution is 14.1. The van der Waals surface area contributed by atoms with Gasteiger partial charge >= 0.3 is 17.9 Å². The molecule has 11 heteroatoms. The molecule has 0 radical (unpaired) electrons. The lowest BCUT2D eigenvalue weighted by Gasteiger charge is -2.24. The number of rotatable bonds is 10. The number of nitrogens with one attached hydrogen (secondary N) is 1. The normalized spacial score (nSPS) is 12.0. The summed E-state index contributed by atoms with van der Waals surface area (Å²) in [4.78, 5) is 51.1. The molecule has 3 aromatic carbocycles. The summed E-state index contributed by atoms with van der Waals surface area (Å²) < 4.78 is 21.3. The van der Waals surface area contributed by atoms with Crippen LogP contribution in [0.3, 0.4) is 0 Å². The van der Waals surface area contributed by atoms with E-state index in [1.54, 1.807) is 36.4 Å². The molecule has 0 fully saturated rings. The van der Waals surface area contributed by atoms with Crippen molar-refractivity contribution in [2.75, 3.05) is 19.5 Å². The van der Waals surface area contributed by atoms with Crippen LogP contribution in [-0.2, 0) is 19.1 Å². The Balaban J connectivity index is 1.94. The van der Waals surface area contributed by atoms with E-state index >= 15 is 0 Å². The Morgan fingerprint density at radius 3 is 1.76 bits per heavy atom. The number of halogens is 1. The van der Waals surface area contributed by atoms with Crippen LogP contribution < -0.4 is 14.8 Å². The summed E-state index contributed by atoms with van der Waals surface area (Å²) in [5, 5.41) is 12.4. The zero-order valence-electron chi connectivity index (χ0n) is 19.7. The second-order valence-electron chi connectivity index (χ2n) is 7.42. The Morgan fingerprint density at radius 1 is 0.757 bits per heavy atom. The minimum absolute atomic E-state index is 0.00490. The summed E-state index contributed by atoms with van der Waals surface area (Å²) in [5.74, 6) is -4.11. The van der Waals surface area contributed by atoms with Gasteiger partial charge in [-0.05, 0) is 71.1 Å². The van der Waals surface area contributed by atoms with E-state index in [2.05, 4.69) is 5.32 Å². The summed E-state index contributed by atoms with van der Waals surface area (Å²) in [6, 6.07) is 18.4. The number of carbonyl (C=O) groups is 4. The zero-order valence-corrected chi connectivity index (χ0v) is 21.8. The topological polar surface area (TPSA) is 137 Å². The van der Waals surface area contributed by atoms with Crippen LogP contribution in [0.4, 0.5) is 5.69 Å². The van der Waals surface area contributed by atoms with Crippen molar-refractivity contribution in [3.63, 3.8) is 0 Å². The smallest absolute Gasteiger partial charge is 0.349 e. The first-order chi connectivity index (χ1) is 17.7. The van der Waals surface area contributed by atoms with Gasteiger partial charge in [0.05, 0.1) is 31.0 Å². The van der Waals surface area contributed by atoms with Crippen LogP contribution in [-0.4, -0.2) is 55.3 Å². The number of esters is 2. The van der Waals surface area contributed by atoms with Gasteiger partial charge in [-0.15, -0.1) is 0 Å². The van der Waals surface area contributed by atoms with Crippen LogP contribution in [0, 0.1) is 3.57 Å². The van der Waals surface area contributed by atoms with Crippen molar-refractivity contribution in [1.29, 1.82) is 0 Å². The molecule has 192 valence electrons. The van der Waals surface area contributed by atoms with Crippen molar-refractivity contribution in [1.82, 2.24) is 0 Å². The van der Waals surface area contributed by atoms with E-state index in [-0.39, 0.29) is 11.1 Å². The third kappa shape index (κ3) is 7.19. The van der Waals surface area contributed by atoms with Crippen molar-refractivity contribution >= 4 is 52.1 Å². The van der Waals surface area contributed by atoms with Gasteiger partial charge in [0, 0.05) is 3.57 Å². The number of ether oxygens (including phenoxy) is 4. The summed E-state index contributed by atoms with van der Waals surface area (Å²) in [5.41, 5.74) is 0.315. The number of carbonyl (C=O) groups excluding carboxylic acids is 3. The van der Waals surface area contributed by atoms with E-state index in [0.717, 1.165) is 0 Å². The van der Waals surface area contributed by atoms with Gasteiger partial charge in [0.2, 0.25) is 12.2 Å². The fourth-order valence-electron chi connectivity index (χ4n) is 3.13. The van der Waals surface area contributed by atoms with Crippen molar-refractivity contribution in [2.45, 2.75) is 12.2 Å². The Bertz CT molecular complexity index is 1310.